The Balaban J connectivity index is 2.58. The summed E-state index contributed by atoms with van der Waals surface area (Å²) in [4.78, 5) is 3.60. The zero-order valence-electron chi connectivity index (χ0n) is 9.39. The number of nitrogens with zero attached hydrogens (tertiary/aromatic N) is 1. The smallest absolute Gasteiger partial charge is 0.313 e. The van der Waals surface area contributed by atoms with Crippen molar-refractivity contribution in [3.63, 3.8) is 0 Å². The molecule has 1 aromatic heterocycles. The van der Waals surface area contributed by atoms with Crippen molar-refractivity contribution in [2.75, 3.05) is 7.05 Å². The molecule has 1 N–H and O–H groups in total. The van der Waals surface area contributed by atoms with Crippen LogP contribution in [-0.4, -0.2) is 18.2 Å². The van der Waals surface area contributed by atoms with E-state index in [1.54, 1.807) is 7.05 Å². The monoisotopic (exact) mass is 250 g/mol. The van der Waals surface area contributed by atoms with Crippen molar-refractivity contribution < 1.29 is 17.6 Å². The van der Waals surface area contributed by atoms with Crippen LogP contribution in [0.4, 0.5) is 17.6 Å². The fourth-order valence-corrected chi connectivity index (χ4v) is 1.63. The number of rotatable bonds is 5. The molecule has 1 rings (SSSR count). The van der Waals surface area contributed by atoms with E-state index in [0.717, 1.165) is 6.20 Å². The van der Waals surface area contributed by atoms with Gasteiger partial charge in [-0.05, 0) is 26.0 Å². The molecule has 0 amide bonds. The lowest BCUT2D eigenvalue weighted by atomic mass is 10.0. The summed E-state index contributed by atoms with van der Waals surface area (Å²) in [6, 6.07) is 1.06. The first kappa shape index (κ1) is 13.9. The third kappa shape index (κ3) is 4.68. The van der Waals surface area contributed by atoms with Gasteiger partial charge in [0.25, 0.3) is 0 Å². The van der Waals surface area contributed by atoms with Gasteiger partial charge in [-0.15, -0.1) is 0 Å². The Kier molecular flexibility index (Phi) is 4.86. The van der Waals surface area contributed by atoms with Gasteiger partial charge in [0.1, 0.15) is 5.82 Å². The molecule has 0 aliphatic carbocycles. The van der Waals surface area contributed by atoms with E-state index in [1.807, 2.05) is 0 Å². The van der Waals surface area contributed by atoms with Crippen LogP contribution in [0.5, 0.6) is 0 Å². The summed E-state index contributed by atoms with van der Waals surface area (Å²) in [5.41, 5.74) is 0.352. The van der Waals surface area contributed by atoms with E-state index in [1.165, 1.54) is 12.3 Å². The molecular weight excluding hydrogens is 236 g/mol. The Morgan fingerprint density at radius 2 is 2.12 bits per heavy atom. The molecule has 0 radical (unpaired) electrons. The lowest BCUT2D eigenvalue weighted by Crippen LogP contribution is -2.19. The van der Waals surface area contributed by atoms with Crippen molar-refractivity contribution in [2.45, 2.75) is 31.5 Å². The fourth-order valence-electron chi connectivity index (χ4n) is 1.63. The van der Waals surface area contributed by atoms with Crippen LogP contribution in [-0.2, 0) is 0 Å². The minimum absolute atomic E-state index is 0.0310. The number of halogens is 4. The number of alkyl halides is 3. The van der Waals surface area contributed by atoms with Gasteiger partial charge in [0, 0.05) is 24.2 Å². The van der Waals surface area contributed by atoms with Crippen LogP contribution in [0.15, 0.2) is 18.5 Å². The Bertz CT molecular complexity index is 352. The van der Waals surface area contributed by atoms with Gasteiger partial charge in [-0.1, -0.05) is 0 Å². The predicted octanol–water partition coefficient (Wildman–Crippen LogP) is 3.21. The molecule has 0 saturated heterocycles. The van der Waals surface area contributed by atoms with Crippen LogP contribution in [0.3, 0.4) is 0 Å². The van der Waals surface area contributed by atoms with Crippen molar-refractivity contribution in [3.8, 4) is 0 Å². The van der Waals surface area contributed by atoms with Crippen molar-refractivity contribution in [1.82, 2.24) is 10.3 Å². The van der Waals surface area contributed by atoms with Crippen LogP contribution in [0, 0.1) is 5.82 Å². The molecule has 17 heavy (non-hydrogen) atoms. The van der Waals surface area contributed by atoms with E-state index in [0.29, 0.717) is 5.56 Å². The lowest BCUT2D eigenvalue weighted by molar-refractivity contribution is -0.135. The topological polar surface area (TPSA) is 24.9 Å². The van der Waals surface area contributed by atoms with Gasteiger partial charge in [0.2, 0.25) is 0 Å². The second kappa shape index (κ2) is 5.95. The van der Waals surface area contributed by atoms with Gasteiger partial charge in [0.05, 0.1) is 6.20 Å². The normalized spacial score (nSPS) is 13.7. The SMILES string of the molecule is CNC(CCCC(F)(F)F)c1ccncc1F. The van der Waals surface area contributed by atoms with E-state index < -0.39 is 24.5 Å². The van der Waals surface area contributed by atoms with Crippen LogP contribution < -0.4 is 5.32 Å². The van der Waals surface area contributed by atoms with E-state index in [2.05, 4.69) is 10.3 Å². The molecule has 6 heteroatoms. The highest BCUT2D eigenvalue weighted by molar-refractivity contribution is 5.17. The molecule has 0 aliphatic heterocycles. The quantitative estimate of drug-likeness (QED) is 0.812. The highest BCUT2D eigenvalue weighted by atomic mass is 19.4. The second-order valence-corrected chi connectivity index (χ2v) is 3.75. The standard InChI is InChI=1S/C11H14F4N2/c1-16-10(3-2-5-11(13,14)15)8-4-6-17-7-9(8)12/h4,6-7,10,16H,2-3,5H2,1H3. The van der Waals surface area contributed by atoms with Gasteiger partial charge in [0.15, 0.2) is 0 Å². The maximum atomic E-state index is 13.4. The number of nitrogens with one attached hydrogen (secondary N) is 1. The average Bonchev–Trinajstić information content (AvgIpc) is 2.24. The molecule has 1 heterocycles. The fraction of sp³-hybridized carbons (Fsp3) is 0.545. The second-order valence-electron chi connectivity index (χ2n) is 3.75. The predicted molar refractivity (Wildman–Crippen MR) is 55.9 cm³/mol. The summed E-state index contributed by atoms with van der Waals surface area (Å²) in [6.07, 6.45) is -2.32. The molecular formula is C11H14F4N2. The van der Waals surface area contributed by atoms with Crippen molar-refractivity contribution in [3.05, 3.63) is 29.8 Å². The first-order valence-corrected chi connectivity index (χ1v) is 5.27. The van der Waals surface area contributed by atoms with E-state index in [9.17, 15) is 17.6 Å². The maximum absolute atomic E-state index is 13.4. The third-order valence-electron chi connectivity index (χ3n) is 2.48. The van der Waals surface area contributed by atoms with Gasteiger partial charge in [-0.25, -0.2) is 4.39 Å². The van der Waals surface area contributed by atoms with Gasteiger partial charge < -0.3 is 5.32 Å². The minimum atomic E-state index is -4.16. The maximum Gasteiger partial charge on any atom is 0.389 e. The van der Waals surface area contributed by atoms with Crippen molar-refractivity contribution in [1.29, 1.82) is 0 Å². The number of hydrogen-bond donors (Lipinski definition) is 1. The number of hydrogen-bond acceptors (Lipinski definition) is 2. The molecule has 0 bridgehead atoms. The lowest BCUT2D eigenvalue weighted by Gasteiger charge is -2.17. The van der Waals surface area contributed by atoms with Gasteiger partial charge in [-0.2, -0.15) is 13.2 Å². The van der Waals surface area contributed by atoms with E-state index in [-0.39, 0.29) is 12.8 Å². The Labute approximate surface area is 97.1 Å². The highest BCUT2D eigenvalue weighted by Crippen LogP contribution is 2.26. The summed E-state index contributed by atoms with van der Waals surface area (Å²) in [7, 11) is 1.60. The highest BCUT2D eigenvalue weighted by Gasteiger charge is 2.27. The Morgan fingerprint density at radius 3 is 2.65 bits per heavy atom. The van der Waals surface area contributed by atoms with Gasteiger partial charge in [-0.3, -0.25) is 4.98 Å². The van der Waals surface area contributed by atoms with Crippen LogP contribution in [0.1, 0.15) is 30.9 Å². The van der Waals surface area contributed by atoms with Gasteiger partial charge >= 0.3 is 6.18 Å². The first-order valence-electron chi connectivity index (χ1n) is 5.27. The molecule has 1 atom stereocenters. The molecule has 96 valence electrons. The summed E-state index contributed by atoms with van der Waals surface area (Å²) in [5, 5.41) is 2.81. The summed E-state index contributed by atoms with van der Waals surface area (Å²) < 4.78 is 49.3. The summed E-state index contributed by atoms with van der Waals surface area (Å²) in [5.74, 6) is -0.501. The van der Waals surface area contributed by atoms with Crippen molar-refractivity contribution >= 4 is 0 Å². The zero-order chi connectivity index (χ0) is 12.9. The molecule has 1 unspecified atom stereocenters. The molecule has 1 aromatic rings. The average molecular weight is 250 g/mol. The largest absolute Gasteiger partial charge is 0.389 e. The van der Waals surface area contributed by atoms with E-state index >= 15 is 0 Å². The third-order valence-corrected chi connectivity index (χ3v) is 2.48. The van der Waals surface area contributed by atoms with Crippen LogP contribution in [0.25, 0.3) is 0 Å². The number of pyridine rings is 1. The van der Waals surface area contributed by atoms with Crippen molar-refractivity contribution in [2.24, 2.45) is 0 Å². The summed E-state index contributed by atoms with van der Waals surface area (Å²) >= 11 is 0. The van der Waals surface area contributed by atoms with Crippen LogP contribution >= 0.6 is 0 Å². The molecule has 0 aliphatic rings. The Hall–Kier alpha value is -1.17. The van der Waals surface area contributed by atoms with E-state index in [4.69, 9.17) is 0 Å². The Morgan fingerprint density at radius 1 is 1.41 bits per heavy atom. The first-order chi connectivity index (χ1) is 7.94. The molecule has 2 nitrogen and oxygen atoms in total. The minimum Gasteiger partial charge on any atom is -0.313 e. The molecule has 0 fully saturated rings. The zero-order valence-corrected chi connectivity index (χ0v) is 9.39. The summed E-state index contributed by atoms with van der Waals surface area (Å²) in [6.45, 7) is 0. The molecule has 0 spiro atoms. The van der Waals surface area contributed by atoms with Crippen LogP contribution in [0.2, 0.25) is 0 Å². The molecule has 0 saturated carbocycles. The number of aromatic nitrogens is 1. The molecule has 0 aromatic carbocycles.